The lowest BCUT2D eigenvalue weighted by Crippen LogP contribution is -2.30. The van der Waals surface area contributed by atoms with Gasteiger partial charge in [-0.1, -0.05) is 0 Å². The lowest BCUT2D eigenvalue weighted by atomic mass is 10.2. The van der Waals surface area contributed by atoms with Crippen molar-refractivity contribution in [3.05, 3.63) is 52.1 Å². The number of hydrogen-bond acceptors (Lipinski definition) is 8. The molecule has 10 nitrogen and oxygen atoms in total. The third-order valence-electron chi connectivity index (χ3n) is 4.68. The second kappa shape index (κ2) is 8.55. The van der Waals surface area contributed by atoms with E-state index in [-0.39, 0.29) is 17.4 Å². The van der Waals surface area contributed by atoms with E-state index in [4.69, 9.17) is 0 Å². The number of carbonyl (C=O) groups is 2. The molecule has 1 aromatic heterocycles. The molecular formula is C19H21N5O5. The zero-order chi connectivity index (χ0) is 21.0. The number of pyridine rings is 1. The van der Waals surface area contributed by atoms with Gasteiger partial charge in [0.15, 0.2) is 0 Å². The van der Waals surface area contributed by atoms with Crippen LogP contribution >= 0.6 is 0 Å². The van der Waals surface area contributed by atoms with Crippen LogP contribution in [0.3, 0.4) is 0 Å². The number of methoxy groups -OCH3 is 1. The second-order valence-electron chi connectivity index (χ2n) is 6.54. The molecule has 1 amide bonds. The number of aromatic nitrogens is 1. The quantitative estimate of drug-likeness (QED) is 0.462. The van der Waals surface area contributed by atoms with Crippen molar-refractivity contribution in [3.63, 3.8) is 0 Å². The van der Waals surface area contributed by atoms with E-state index in [0.29, 0.717) is 43.1 Å². The number of benzene rings is 1. The van der Waals surface area contributed by atoms with Crippen molar-refractivity contribution < 1.29 is 19.2 Å². The van der Waals surface area contributed by atoms with Gasteiger partial charge in [0.05, 0.1) is 17.6 Å². The van der Waals surface area contributed by atoms with Crippen LogP contribution in [0.1, 0.15) is 16.8 Å². The van der Waals surface area contributed by atoms with Gasteiger partial charge in [-0.05, 0) is 30.3 Å². The fourth-order valence-corrected chi connectivity index (χ4v) is 2.96. The Bertz CT molecular complexity index is 931. The van der Waals surface area contributed by atoms with Crippen LogP contribution in [0.2, 0.25) is 0 Å². The largest absolute Gasteiger partial charge is 0.465 e. The number of rotatable bonds is 5. The molecule has 152 valence electrons. The predicted molar refractivity (Wildman–Crippen MR) is 106 cm³/mol. The minimum Gasteiger partial charge on any atom is -0.465 e. The molecule has 0 unspecified atom stereocenters. The average molecular weight is 399 g/mol. The molecule has 1 saturated heterocycles. The maximum Gasteiger partial charge on any atom is 0.337 e. The summed E-state index contributed by atoms with van der Waals surface area (Å²) in [7, 11) is 3.04. The zero-order valence-corrected chi connectivity index (χ0v) is 16.1. The second-order valence-corrected chi connectivity index (χ2v) is 6.54. The average Bonchev–Trinajstić information content (AvgIpc) is 2.89. The number of ether oxygens (including phenoxy) is 1. The number of carbonyl (C=O) groups excluding carboxylic acids is 2. The van der Waals surface area contributed by atoms with E-state index in [1.807, 2.05) is 4.90 Å². The monoisotopic (exact) mass is 399 g/mol. The highest BCUT2D eigenvalue weighted by Crippen LogP contribution is 2.29. The molecule has 0 bridgehead atoms. The van der Waals surface area contributed by atoms with Crippen molar-refractivity contribution in [1.29, 1.82) is 0 Å². The summed E-state index contributed by atoms with van der Waals surface area (Å²) in [6, 6.07) is 9.32. The summed E-state index contributed by atoms with van der Waals surface area (Å²) < 4.78 is 4.66. The van der Waals surface area contributed by atoms with E-state index in [9.17, 15) is 19.7 Å². The Labute approximate surface area is 167 Å². The number of nitro groups is 1. The summed E-state index contributed by atoms with van der Waals surface area (Å²) in [6.45, 7) is 1.62. The van der Waals surface area contributed by atoms with E-state index in [1.165, 1.54) is 13.2 Å². The van der Waals surface area contributed by atoms with Crippen LogP contribution < -0.4 is 10.2 Å². The molecular weight excluding hydrogens is 378 g/mol. The Kier molecular flexibility index (Phi) is 5.91. The van der Waals surface area contributed by atoms with Gasteiger partial charge >= 0.3 is 11.7 Å². The number of hydrogen-bond donors (Lipinski definition) is 1. The van der Waals surface area contributed by atoms with Crippen LogP contribution in [0, 0.1) is 10.1 Å². The molecule has 1 fully saturated rings. The summed E-state index contributed by atoms with van der Waals surface area (Å²) in [4.78, 5) is 42.4. The predicted octanol–water partition coefficient (Wildman–Crippen LogP) is 2.19. The van der Waals surface area contributed by atoms with E-state index in [2.05, 4.69) is 15.0 Å². The lowest BCUT2D eigenvalue weighted by Gasteiger charge is -2.22. The highest BCUT2D eigenvalue weighted by Gasteiger charge is 2.22. The molecule has 10 heteroatoms. The molecule has 0 radical (unpaired) electrons. The highest BCUT2D eigenvalue weighted by atomic mass is 16.6. The minimum atomic E-state index is -0.512. The normalized spacial score (nSPS) is 14.3. The highest BCUT2D eigenvalue weighted by molar-refractivity contribution is 5.89. The number of nitrogens with zero attached hydrogens (tertiary/aromatic N) is 4. The van der Waals surface area contributed by atoms with Crippen molar-refractivity contribution in [1.82, 2.24) is 9.88 Å². The summed E-state index contributed by atoms with van der Waals surface area (Å²) in [5.41, 5.74) is 0.734. The first kappa shape index (κ1) is 20.1. The van der Waals surface area contributed by atoms with Crippen LogP contribution in [0.4, 0.5) is 23.0 Å². The number of anilines is 3. The summed E-state index contributed by atoms with van der Waals surface area (Å²) in [6.07, 6.45) is 0.354. The van der Waals surface area contributed by atoms with Crippen molar-refractivity contribution in [2.45, 2.75) is 6.42 Å². The van der Waals surface area contributed by atoms with E-state index in [0.717, 1.165) is 0 Å². The van der Waals surface area contributed by atoms with Gasteiger partial charge in [-0.25, -0.2) is 9.78 Å². The Balaban J connectivity index is 1.86. The van der Waals surface area contributed by atoms with Crippen molar-refractivity contribution >= 4 is 34.9 Å². The molecule has 29 heavy (non-hydrogen) atoms. The van der Waals surface area contributed by atoms with Gasteiger partial charge < -0.3 is 19.9 Å². The van der Waals surface area contributed by atoms with Crippen molar-refractivity contribution in [2.75, 3.05) is 44.0 Å². The van der Waals surface area contributed by atoms with Crippen molar-refractivity contribution in [2.24, 2.45) is 0 Å². The van der Waals surface area contributed by atoms with Gasteiger partial charge in [-0.3, -0.25) is 14.9 Å². The first-order valence-electron chi connectivity index (χ1n) is 8.99. The van der Waals surface area contributed by atoms with E-state index in [1.54, 1.807) is 42.3 Å². The Morgan fingerprint density at radius 1 is 1.17 bits per heavy atom. The molecule has 2 heterocycles. The van der Waals surface area contributed by atoms with Gasteiger partial charge in [0.25, 0.3) is 0 Å². The Morgan fingerprint density at radius 3 is 2.55 bits per heavy atom. The van der Waals surface area contributed by atoms with Gasteiger partial charge in [0.1, 0.15) is 5.82 Å². The SMILES string of the molecule is COC(=O)c1ccc(Nc2nc(N3CCC(=O)N(C)CC3)ccc2[N+](=O)[O-])cc1. The molecule has 1 aliphatic rings. The van der Waals surface area contributed by atoms with Crippen LogP contribution in [-0.2, 0) is 9.53 Å². The molecule has 0 spiro atoms. The molecule has 1 aliphatic heterocycles. The third-order valence-corrected chi connectivity index (χ3v) is 4.68. The van der Waals surface area contributed by atoms with Gasteiger partial charge in [-0.15, -0.1) is 0 Å². The fraction of sp³-hybridized carbons (Fsp3) is 0.316. The Morgan fingerprint density at radius 2 is 1.90 bits per heavy atom. The smallest absolute Gasteiger partial charge is 0.337 e. The summed E-state index contributed by atoms with van der Waals surface area (Å²) >= 11 is 0. The lowest BCUT2D eigenvalue weighted by molar-refractivity contribution is -0.384. The minimum absolute atomic E-state index is 0.0541. The zero-order valence-electron chi connectivity index (χ0n) is 16.1. The standard InChI is InChI=1S/C19H21N5O5/c1-22-11-12-23(10-9-17(22)25)16-8-7-15(24(27)28)18(21-16)20-14-5-3-13(4-6-14)19(26)29-2/h3-8H,9-12H2,1-2H3,(H,20,21). The molecule has 0 aliphatic carbocycles. The van der Waals surface area contributed by atoms with E-state index < -0.39 is 10.9 Å². The molecule has 0 atom stereocenters. The van der Waals surface area contributed by atoms with E-state index >= 15 is 0 Å². The topological polar surface area (TPSA) is 118 Å². The number of amides is 1. The maximum absolute atomic E-state index is 11.9. The van der Waals surface area contributed by atoms with Gasteiger partial charge in [0.2, 0.25) is 11.7 Å². The maximum atomic E-state index is 11.9. The molecule has 0 saturated carbocycles. The van der Waals surface area contributed by atoms with Crippen LogP contribution in [0.5, 0.6) is 0 Å². The number of nitrogens with one attached hydrogen (secondary N) is 1. The van der Waals surface area contributed by atoms with Crippen LogP contribution in [-0.4, -0.2) is 60.5 Å². The molecule has 2 aromatic rings. The molecule has 3 rings (SSSR count). The van der Waals surface area contributed by atoms with Crippen LogP contribution in [0.25, 0.3) is 0 Å². The number of esters is 1. The first-order valence-corrected chi connectivity index (χ1v) is 8.99. The van der Waals surface area contributed by atoms with Gasteiger partial charge in [0, 0.05) is 44.9 Å². The molecule has 1 N–H and O–H groups in total. The third kappa shape index (κ3) is 4.60. The Hall–Kier alpha value is -3.69. The first-order chi connectivity index (χ1) is 13.9. The van der Waals surface area contributed by atoms with Crippen LogP contribution in [0.15, 0.2) is 36.4 Å². The number of likely N-dealkylation sites (N-methyl/N-ethyl adjacent to an activating group) is 1. The fourth-order valence-electron chi connectivity index (χ4n) is 2.96. The van der Waals surface area contributed by atoms with Gasteiger partial charge in [-0.2, -0.15) is 0 Å². The van der Waals surface area contributed by atoms with Crippen molar-refractivity contribution in [3.8, 4) is 0 Å². The summed E-state index contributed by atoms with van der Waals surface area (Å²) in [5.74, 6) is 0.219. The molecule has 1 aromatic carbocycles. The summed E-state index contributed by atoms with van der Waals surface area (Å²) in [5, 5.41) is 14.4.